The van der Waals surface area contributed by atoms with E-state index in [0.29, 0.717) is 0 Å². The van der Waals surface area contributed by atoms with E-state index >= 15 is 0 Å². The molecule has 1 saturated heterocycles. The van der Waals surface area contributed by atoms with Gasteiger partial charge < -0.3 is 4.74 Å². The van der Waals surface area contributed by atoms with Crippen molar-refractivity contribution in [2.75, 3.05) is 19.7 Å². The van der Waals surface area contributed by atoms with Crippen LogP contribution >= 0.6 is 0 Å². The molecule has 0 aromatic carbocycles. The fraction of sp³-hybridized carbons (Fsp3) is 0.438. The SMILES string of the molecule is Cc1nccc([C@H]2CN(Cc3ccncc3C)CCO2)n1. The fourth-order valence-corrected chi connectivity index (χ4v) is 2.60. The van der Waals surface area contributed by atoms with Crippen LogP contribution in [0.4, 0.5) is 0 Å². The smallest absolute Gasteiger partial charge is 0.125 e. The number of aromatic nitrogens is 3. The molecule has 3 rings (SSSR count). The summed E-state index contributed by atoms with van der Waals surface area (Å²) in [5.74, 6) is 0.790. The molecule has 3 heterocycles. The number of nitrogens with zero attached hydrogens (tertiary/aromatic N) is 4. The van der Waals surface area contributed by atoms with Gasteiger partial charge in [-0.2, -0.15) is 0 Å². The molecular weight excluding hydrogens is 264 g/mol. The zero-order valence-electron chi connectivity index (χ0n) is 12.5. The number of pyridine rings is 1. The minimum Gasteiger partial charge on any atom is -0.369 e. The van der Waals surface area contributed by atoms with Crippen molar-refractivity contribution in [1.29, 1.82) is 0 Å². The summed E-state index contributed by atoms with van der Waals surface area (Å²) in [4.78, 5) is 15.2. The predicted octanol–water partition coefficient (Wildman–Crippen LogP) is 2.06. The molecule has 0 unspecified atom stereocenters. The van der Waals surface area contributed by atoms with Crippen LogP contribution in [-0.4, -0.2) is 39.5 Å². The molecule has 1 fully saturated rings. The Labute approximate surface area is 125 Å². The maximum absolute atomic E-state index is 5.87. The van der Waals surface area contributed by atoms with E-state index in [1.165, 1.54) is 11.1 Å². The molecule has 0 saturated carbocycles. The first-order valence-corrected chi connectivity index (χ1v) is 7.25. The minimum absolute atomic E-state index is 0.0302. The van der Waals surface area contributed by atoms with Crippen molar-refractivity contribution in [3.8, 4) is 0 Å². The molecule has 0 bridgehead atoms. The maximum Gasteiger partial charge on any atom is 0.125 e. The predicted molar refractivity (Wildman–Crippen MR) is 79.7 cm³/mol. The van der Waals surface area contributed by atoms with Crippen molar-refractivity contribution in [1.82, 2.24) is 19.9 Å². The summed E-state index contributed by atoms with van der Waals surface area (Å²) >= 11 is 0. The summed E-state index contributed by atoms with van der Waals surface area (Å²) in [5, 5.41) is 0. The van der Waals surface area contributed by atoms with Crippen LogP contribution in [0.5, 0.6) is 0 Å². The Bertz CT molecular complexity index is 617. The molecule has 0 radical (unpaired) electrons. The summed E-state index contributed by atoms with van der Waals surface area (Å²) in [6.07, 6.45) is 5.60. The normalized spacial score (nSPS) is 19.6. The van der Waals surface area contributed by atoms with Gasteiger partial charge >= 0.3 is 0 Å². The van der Waals surface area contributed by atoms with E-state index in [2.05, 4.69) is 32.8 Å². The third-order valence-corrected chi connectivity index (χ3v) is 3.81. The quantitative estimate of drug-likeness (QED) is 0.863. The highest BCUT2D eigenvalue weighted by Crippen LogP contribution is 2.22. The number of ether oxygens (including phenoxy) is 1. The Hall–Kier alpha value is -1.85. The Kier molecular flexibility index (Phi) is 4.22. The summed E-state index contributed by atoms with van der Waals surface area (Å²) in [6, 6.07) is 4.04. The summed E-state index contributed by atoms with van der Waals surface area (Å²) in [7, 11) is 0. The lowest BCUT2D eigenvalue weighted by molar-refractivity contribution is -0.0351. The van der Waals surface area contributed by atoms with E-state index in [4.69, 9.17) is 4.74 Å². The topological polar surface area (TPSA) is 51.1 Å². The molecule has 1 atom stereocenters. The van der Waals surface area contributed by atoms with Crippen molar-refractivity contribution in [2.24, 2.45) is 0 Å². The van der Waals surface area contributed by atoms with Gasteiger partial charge in [0.1, 0.15) is 11.9 Å². The standard InChI is InChI=1S/C16H20N4O/c1-12-9-17-5-3-14(12)10-20-7-8-21-16(11-20)15-4-6-18-13(2)19-15/h3-6,9,16H,7-8,10-11H2,1-2H3/t16-/m1/s1. The van der Waals surface area contributed by atoms with Crippen LogP contribution in [0.1, 0.15) is 28.7 Å². The van der Waals surface area contributed by atoms with E-state index in [9.17, 15) is 0 Å². The first-order valence-electron chi connectivity index (χ1n) is 7.25. The average molecular weight is 284 g/mol. The number of hydrogen-bond donors (Lipinski definition) is 0. The van der Waals surface area contributed by atoms with Crippen molar-refractivity contribution in [3.05, 3.63) is 53.4 Å². The highest BCUT2D eigenvalue weighted by atomic mass is 16.5. The molecule has 2 aromatic heterocycles. The lowest BCUT2D eigenvalue weighted by Crippen LogP contribution is -2.38. The molecule has 0 spiro atoms. The fourth-order valence-electron chi connectivity index (χ4n) is 2.60. The molecule has 1 aliphatic rings. The first-order chi connectivity index (χ1) is 10.2. The van der Waals surface area contributed by atoms with Gasteiger partial charge in [-0.15, -0.1) is 0 Å². The van der Waals surface area contributed by atoms with Gasteiger partial charge in [-0.3, -0.25) is 9.88 Å². The van der Waals surface area contributed by atoms with Crippen LogP contribution in [0.3, 0.4) is 0 Å². The van der Waals surface area contributed by atoms with Crippen molar-refractivity contribution in [3.63, 3.8) is 0 Å². The van der Waals surface area contributed by atoms with Gasteiger partial charge in [-0.1, -0.05) is 0 Å². The second-order valence-corrected chi connectivity index (χ2v) is 5.43. The summed E-state index contributed by atoms with van der Waals surface area (Å²) in [5.41, 5.74) is 3.53. The van der Waals surface area contributed by atoms with Gasteiger partial charge in [0.25, 0.3) is 0 Å². The van der Waals surface area contributed by atoms with Crippen LogP contribution < -0.4 is 0 Å². The Morgan fingerprint density at radius 2 is 2.19 bits per heavy atom. The zero-order chi connectivity index (χ0) is 14.7. The molecule has 0 aliphatic carbocycles. The van der Waals surface area contributed by atoms with Gasteiger partial charge in [0.2, 0.25) is 0 Å². The maximum atomic E-state index is 5.87. The zero-order valence-corrected chi connectivity index (χ0v) is 12.5. The highest BCUT2D eigenvalue weighted by molar-refractivity contribution is 5.21. The van der Waals surface area contributed by atoms with Crippen molar-refractivity contribution >= 4 is 0 Å². The van der Waals surface area contributed by atoms with Crippen LogP contribution in [0.15, 0.2) is 30.7 Å². The molecule has 21 heavy (non-hydrogen) atoms. The van der Waals surface area contributed by atoms with Gasteiger partial charge in [0.15, 0.2) is 0 Å². The Morgan fingerprint density at radius 1 is 1.29 bits per heavy atom. The van der Waals surface area contributed by atoms with Gasteiger partial charge in [0, 0.05) is 38.2 Å². The number of hydrogen-bond acceptors (Lipinski definition) is 5. The number of rotatable bonds is 3. The second kappa shape index (κ2) is 6.28. The Morgan fingerprint density at radius 3 is 3.00 bits per heavy atom. The molecule has 2 aromatic rings. The van der Waals surface area contributed by atoms with Crippen LogP contribution in [0.25, 0.3) is 0 Å². The second-order valence-electron chi connectivity index (χ2n) is 5.43. The largest absolute Gasteiger partial charge is 0.369 e. The van der Waals surface area contributed by atoms with Gasteiger partial charge in [-0.05, 0) is 37.1 Å². The van der Waals surface area contributed by atoms with E-state index in [1.54, 1.807) is 6.20 Å². The van der Waals surface area contributed by atoms with Crippen LogP contribution in [0.2, 0.25) is 0 Å². The van der Waals surface area contributed by atoms with Crippen molar-refractivity contribution < 1.29 is 4.74 Å². The van der Waals surface area contributed by atoms with E-state index in [0.717, 1.165) is 37.8 Å². The monoisotopic (exact) mass is 284 g/mol. The highest BCUT2D eigenvalue weighted by Gasteiger charge is 2.23. The minimum atomic E-state index is 0.0302. The lowest BCUT2D eigenvalue weighted by Gasteiger charge is -2.32. The first kappa shape index (κ1) is 14.1. The van der Waals surface area contributed by atoms with Crippen LogP contribution in [0, 0.1) is 13.8 Å². The molecule has 0 amide bonds. The lowest BCUT2D eigenvalue weighted by atomic mass is 10.1. The van der Waals surface area contributed by atoms with Gasteiger partial charge in [0.05, 0.1) is 12.3 Å². The molecule has 110 valence electrons. The van der Waals surface area contributed by atoms with E-state index < -0.39 is 0 Å². The third kappa shape index (κ3) is 3.43. The summed E-state index contributed by atoms with van der Waals surface area (Å²) in [6.45, 7) is 7.48. The van der Waals surface area contributed by atoms with Gasteiger partial charge in [-0.25, -0.2) is 9.97 Å². The number of morpholine rings is 1. The van der Waals surface area contributed by atoms with Crippen LogP contribution in [-0.2, 0) is 11.3 Å². The molecule has 1 aliphatic heterocycles. The third-order valence-electron chi connectivity index (χ3n) is 3.81. The Balaban J connectivity index is 1.70. The van der Waals surface area contributed by atoms with E-state index in [-0.39, 0.29) is 6.10 Å². The average Bonchev–Trinajstić information content (AvgIpc) is 2.50. The number of aryl methyl sites for hydroxylation is 2. The molecule has 5 heteroatoms. The van der Waals surface area contributed by atoms with Crippen molar-refractivity contribution in [2.45, 2.75) is 26.5 Å². The molecule has 5 nitrogen and oxygen atoms in total. The molecular formula is C16H20N4O. The van der Waals surface area contributed by atoms with E-state index in [1.807, 2.05) is 25.4 Å². The molecule has 0 N–H and O–H groups in total. The summed E-state index contributed by atoms with van der Waals surface area (Å²) < 4.78 is 5.87.